The molecule has 0 spiro atoms. The molecular weight excluding hydrogens is 312 g/mol. The van der Waals surface area contributed by atoms with Crippen molar-refractivity contribution >= 4 is 10.0 Å². The number of halogens is 2. The topological polar surface area (TPSA) is 66.1 Å². The third-order valence-electron chi connectivity index (χ3n) is 4.42. The molecule has 1 aliphatic carbocycles. The van der Waals surface area contributed by atoms with Crippen molar-refractivity contribution in [3.63, 3.8) is 0 Å². The van der Waals surface area contributed by atoms with E-state index in [4.69, 9.17) is 0 Å². The van der Waals surface area contributed by atoms with E-state index in [1.807, 2.05) is 6.07 Å². The number of rotatable bonds is 6. The molecule has 2 heterocycles. The van der Waals surface area contributed by atoms with Crippen molar-refractivity contribution in [1.82, 2.24) is 14.5 Å². The maximum absolute atomic E-state index is 13.9. The normalized spacial score (nSPS) is 24.5. The number of piperidine rings is 1. The zero-order chi connectivity index (χ0) is 15.8. The lowest BCUT2D eigenvalue weighted by Gasteiger charge is -2.32. The van der Waals surface area contributed by atoms with Crippen molar-refractivity contribution in [2.24, 2.45) is 5.92 Å². The minimum Gasteiger partial charge on any atom is -0.282 e. The first kappa shape index (κ1) is 15.9. The summed E-state index contributed by atoms with van der Waals surface area (Å²) in [5.74, 6) is -4.18. The van der Waals surface area contributed by atoms with Gasteiger partial charge in [-0.2, -0.15) is 5.10 Å². The summed E-state index contributed by atoms with van der Waals surface area (Å²) in [5.41, 5.74) is 0.865. The Kier molecular flexibility index (Phi) is 4.24. The van der Waals surface area contributed by atoms with Gasteiger partial charge in [-0.1, -0.05) is 0 Å². The minimum absolute atomic E-state index is 0.00285. The van der Waals surface area contributed by atoms with Gasteiger partial charge in [-0.25, -0.2) is 21.5 Å². The summed E-state index contributed by atoms with van der Waals surface area (Å²) in [4.78, 5) is 0. The van der Waals surface area contributed by atoms with Gasteiger partial charge in [0.2, 0.25) is 10.0 Å². The molecule has 1 aromatic rings. The Bertz CT molecular complexity index is 600. The second-order valence-electron chi connectivity index (χ2n) is 6.47. The molecule has 124 valence electrons. The van der Waals surface area contributed by atoms with Crippen LogP contribution in [-0.4, -0.2) is 47.7 Å². The Morgan fingerprint density at radius 2 is 2.14 bits per heavy atom. The van der Waals surface area contributed by atoms with Gasteiger partial charge in [0.05, 0.1) is 0 Å². The summed E-state index contributed by atoms with van der Waals surface area (Å²) in [6.45, 7) is 0.580. The molecule has 8 heteroatoms. The third kappa shape index (κ3) is 3.84. The standard InChI is InChI=1S/C14H21F2N3O2S/c15-14(16,8-11-3-4-11)10-22(20,21)19-7-1-2-12(9-19)13-5-6-17-18-13/h5-6,11-12H,1-4,7-10H2,(H,17,18). The Balaban J connectivity index is 1.65. The van der Waals surface area contributed by atoms with Crippen LogP contribution in [-0.2, 0) is 10.0 Å². The lowest BCUT2D eigenvalue weighted by molar-refractivity contribution is 0.00975. The fraction of sp³-hybridized carbons (Fsp3) is 0.786. The zero-order valence-electron chi connectivity index (χ0n) is 12.3. The van der Waals surface area contributed by atoms with E-state index in [2.05, 4.69) is 10.2 Å². The highest BCUT2D eigenvalue weighted by molar-refractivity contribution is 7.89. The molecule has 5 nitrogen and oxygen atoms in total. The van der Waals surface area contributed by atoms with E-state index in [0.717, 1.165) is 25.0 Å². The van der Waals surface area contributed by atoms with E-state index in [0.29, 0.717) is 13.0 Å². The fourth-order valence-corrected chi connectivity index (χ4v) is 4.75. The molecule has 22 heavy (non-hydrogen) atoms. The number of H-pyrrole nitrogens is 1. The van der Waals surface area contributed by atoms with Crippen LogP contribution in [0.1, 0.15) is 43.7 Å². The summed E-state index contributed by atoms with van der Waals surface area (Å²) in [6, 6.07) is 1.81. The molecule has 1 aliphatic heterocycles. The predicted molar refractivity (Wildman–Crippen MR) is 78.2 cm³/mol. The molecule has 0 amide bonds. The quantitative estimate of drug-likeness (QED) is 0.869. The lowest BCUT2D eigenvalue weighted by atomic mass is 9.96. The van der Waals surface area contributed by atoms with Gasteiger partial charge in [-0.15, -0.1) is 0 Å². The van der Waals surface area contributed by atoms with E-state index in [1.54, 1.807) is 6.20 Å². The van der Waals surface area contributed by atoms with Gasteiger partial charge < -0.3 is 0 Å². The van der Waals surface area contributed by atoms with Crippen LogP contribution in [0.25, 0.3) is 0 Å². The summed E-state index contributed by atoms with van der Waals surface area (Å²) < 4.78 is 53.7. The Labute approximate surface area is 129 Å². The van der Waals surface area contributed by atoms with Crippen molar-refractivity contribution in [2.75, 3.05) is 18.8 Å². The van der Waals surface area contributed by atoms with E-state index in [-0.39, 0.29) is 24.8 Å². The van der Waals surface area contributed by atoms with E-state index in [1.165, 1.54) is 4.31 Å². The van der Waals surface area contributed by atoms with Gasteiger partial charge in [0.1, 0.15) is 5.75 Å². The van der Waals surface area contributed by atoms with Crippen LogP contribution in [0, 0.1) is 5.92 Å². The van der Waals surface area contributed by atoms with E-state index in [9.17, 15) is 17.2 Å². The molecule has 0 radical (unpaired) electrons. The van der Waals surface area contributed by atoms with Gasteiger partial charge in [0, 0.05) is 37.3 Å². The van der Waals surface area contributed by atoms with Gasteiger partial charge in [0.25, 0.3) is 5.92 Å². The van der Waals surface area contributed by atoms with Gasteiger partial charge in [-0.3, -0.25) is 5.10 Å². The molecule has 1 aromatic heterocycles. The maximum atomic E-state index is 13.9. The largest absolute Gasteiger partial charge is 0.282 e. The number of hydrogen-bond donors (Lipinski definition) is 1. The Morgan fingerprint density at radius 1 is 1.36 bits per heavy atom. The molecule has 1 unspecified atom stereocenters. The van der Waals surface area contributed by atoms with Crippen molar-refractivity contribution in [2.45, 2.75) is 43.9 Å². The highest BCUT2D eigenvalue weighted by Gasteiger charge is 2.43. The molecule has 2 aliphatic rings. The van der Waals surface area contributed by atoms with Crippen molar-refractivity contribution < 1.29 is 17.2 Å². The Morgan fingerprint density at radius 3 is 2.77 bits per heavy atom. The highest BCUT2D eigenvalue weighted by Crippen LogP contribution is 2.40. The van der Waals surface area contributed by atoms with Gasteiger partial charge in [-0.05, 0) is 37.7 Å². The number of nitrogens with zero attached hydrogens (tertiary/aromatic N) is 2. The van der Waals surface area contributed by atoms with Gasteiger partial charge in [0.15, 0.2) is 0 Å². The summed E-state index contributed by atoms with van der Waals surface area (Å²) in [6.07, 6.45) is 4.42. The number of aromatic amines is 1. The number of hydrogen-bond acceptors (Lipinski definition) is 3. The molecule has 0 aromatic carbocycles. The molecule has 3 rings (SSSR count). The van der Waals surface area contributed by atoms with Crippen LogP contribution >= 0.6 is 0 Å². The maximum Gasteiger partial charge on any atom is 0.263 e. The monoisotopic (exact) mass is 333 g/mol. The second-order valence-corrected chi connectivity index (χ2v) is 8.44. The van der Waals surface area contributed by atoms with Crippen molar-refractivity contribution in [1.29, 1.82) is 0 Å². The highest BCUT2D eigenvalue weighted by atomic mass is 32.2. The first-order valence-corrected chi connectivity index (χ1v) is 9.32. The summed E-state index contributed by atoms with van der Waals surface area (Å²) >= 11 is 0. The van der Waals surface area contributed by atoms with Gasteiger partial charge >= 0.3 is 0 Å². The molecule has 1 saturated carbocycles. The average molecular weight is 333 g/mol. The second kappa shape index (κ2) is 5.88. The van der Waals surface area contributed by atoms with Crippen LogP contribution in [0.2, 0.25) is 0 Å². The molecule has 1 N–H and O–H groups in total. The van der Waals surface area contributed by atoms with Crippen LogP contribution < -0.4 is 0 Å². The minimum atomic E-state index is -3.93. The summed E-state index contributed by atoms with van der Waals surface area (Å²) in [5, 5.41) is 6.71. The van der Waals surface area contributed by atoms with Crippen LogP contribution in [0.3, 0.4) is 0 Å². The zero-order valence-corrected chi connectivity index (χ0v) is 13.2. The van der Waals surface area contributed by atoms with Crippen LogP contribution in [0.15, 0.2) is 12.3 Å². The molecule has 0 bridgehead atoms. The van der Waals surface area contributed by atoms with Crippen molar-refractivity contribution in [3.05, 3.63) is 18.0 Å². The van der Waals surface area contributed by atoms with Crippen molar-refractivity contribution in [3.8, 4) is 0 Å². The number of sulfonamides is 1. The molecule has 2 fully saturated rings. The third-order valence-corrected chi connectivity index (χ3v) is 6.32. The summed E-state index contributed by atoms with van der Waals surface area (Å²) in [7, 11) is -3.93. The number of aromatic nitrogens is 2. The predicted octanol–water partition coefficient (Wildman–Crippen LogP) is 2.35. The van der Waals surface area contributed by atoms with Crippen LogP contribution in [0.5, 0.6) is 0 Å². The smallest absolute Gasteiger partial charge is 0.263 e. The van der Waals surface area contributed by atoms with Crippen LogP contribution in [0.4, 0.5) is 8.78 Å². The van der Waals surface area contributed by atoms with E-state index < -0.39 is 21.7 Å². The molecule has 1 saturated heterocycles. The SMILES string of the molecule is O=S(=O)(CC(F)(F)CC1CC1)N1CCCC(c2ccn[nH]2)C1. The Hall–Kier alpha value is -1.02. The number of alkyl halides is 2. The first-order valence-electron chi connectivity index (χ1n) is 7.71. The lowest BCUT2D eigenvalue weighted by Crippen LogP contribution is -2.44. The molecular formula is C14H21F2N3O2S. The number of nitrogens with one attached hydrogen (secondary N) is 1. The molecule has 1 atom stereocenters. The van der Waals surface area contributed by atoms with E-state index >= 15 is 0 Å². The fourth-order valence-electron chi connectivity index (χ4n) is 3.10. The average Bonchev–Trinajstić information content (AvgIpc) is 3.06. The first-order chi connectivity index (χ1) is 10.4.